The zero-order chi connectivity index (χ0) is 20.5. The third-order valence-electron chi connectivity index (χ3n) is 5.43. The predicted molar refractivity (Wildman–Crippen MR) is 105 cm³/mol. The molecule has 1 N–H and O–H groups in total. The molecule has 6 nitrogen and oxygen atoms in total. The van der Waals surface area contributed by atoms with Gasteiger partial charge in [0.05, 0.1) is 12.9 Å². The lowest BCUT2D eigenvalue weighted by Crippen LogP contribution is -2.44. The minimum Gasteiger partial charge on any atom is -0.469 e. The monoisotopic (exact) mass is 413 g/mol. The maximum Gasteiger partial charge on any atom is 0.317 e. The summed E-state index contributed by atoms with van der Waals surface area (Å²) in [5.41, 5.74) is 1.76. The van der Waals surface area contributed by atoms with E-state index in [1.807, 2.05) is 6.07 Å². The van der Waals surface area contributed by atoms with E-state index in [4.69, 9.17) is 20.8 Å². The SMILES string of the molecule is CCOC(=O)[C@@H]1C(=O)C2=C(C[C@@H]1c1ccco1)NC(=O)C[C@@H]2c1cccc(Cl)c1. The molecule has 2 heterocycles. The Kier molecular flexibility index (Phi) is 5.28. The van der Waals surface area contributed by atoms with E-state index in [2.05, 4.69) is 5.32 Å². The molecule has 29 heavy (non-hydrogen) atoms. The number of hydrogen-bond donors (Lipinski definition) is 1. The summed E-state index contributed by atoms with van der Waals surface area (Å²) in [6.45, 7) is 1.88. The summed E-state index contributed by atoms with van der Waals surface area (Å²) >= 11 is 6.14. The molecule has 0 radical (unpaired) electrons. The van der Waals surface area contributed by atoms with E-state index in [1.54, 1.807) is 37.3 Å². The molecule has 1 aromatic carbocycles. The highest BCUT2D eigenvalue weighted by Gasteiger charge is 2.48. The summed E-state index contributed by atoms with van der Waals surface area (Å²) in [7, 11) is 0. The number of carbonyl (C=O) groups is 3. The number of allylic oxidation sites excluding steroid dienone is 2. The number of nitrogens with one attached hydrogen (secondary N) is 1. The van der Waals surface area contributed by atoms with Gasteiger partial charge in [-0.1, -0.05) is 23.7 Å². The smallest absolute Gasteiger partial charge is 0.317 e. The van der Waals surface area contributed by atoms with Crippen molar-refractivity contribution >= 4 is 29.3 Å². The van der Waals surface area contributed by atoms with Gasteiger partial charge in [0.1, 0.15) is 11.7 Å². The normalized spacial score (nSPS) is 24.1. The average molecular weight is 414 g/mol. The Hall–Kier alpha value is -2.86. The third kappa shape index (κ3) is 3.60. The van der Waals surface area contributed by atoms with Gasteiger partial charge >= 0.3 is 5.97 Å². The molecule has 1 amide bonds. The summed E-state index contributed by atoms with van der Waals surface area (Å²) in [5, 5.41) is 3.36. The topological polar surface area (TPSA) is 85.6 Å². The number of furan rings is 1. The van der Waals surface area contributed by atoms with Gasteiger partial charge in [-0.25, -0.2) is 0 Å². The number of rotatable bonds is 4. The van der Waals surface area contributed by atoms with Crippen LogP contribution in [0.2, 0.25) is 5.02 Å². The highest BCUT2D eigenvalue weighted by molar-refractivity contribution is 6.30. The molecule has 2 aliphatic rings. The molecule has 7 heteroatoms. The summed E-state index contributed by atoms with van der Waals surface area (Å²) in [6, 6.07) is 10.5. The second-order valence-corrected chi connectivity index (χ2v) is 7.61. The van der Waals surface area contributed by atoms with Crippen LogP contribution < -0.4 is 5.32 Å². The third-order valence-corrected chi connectivity index (χ3v) is 5.66. The first kappa shape index (κ1) is 19.5. The summed E-state index contributed by atoms with van der Waals surface area (Å²) in [4.78, 5) is 38.7. The van der Waals surface area contributed by atoms with Crippen molar-refractivity contribution in [3.8, 4) is 0 Å². The molecule has 1 aliphatic carbocycles. The molecule has 1 aromatic heterocycles. The maximum atomic E-state index is 13.6. The van der Waals surface area contributed by atoms with E-state index in [1.165, 1.54) is 6.26 Å². The van der Waals surface area contributed by atoms with Crippen LogP contribution in [0.5, 0.6) is 0 Å². The van der Waals surface area contributed by atoms with Gasteiger partial charge < -0.3 is 14.5 Å². The number of carbonyl (C=O) groups excluding carboxylic acids is 3. The van der Waals surface area contributed by atoms with E-state index in [-0.39, 0.29) is 24.7 Å². The lowest BCUT2D eigenvalue weighted by atomic mass is 9.69. The van der Waals surface area contributed by atoms with Crippen LogP contribution in [-0.2, 0) is 19.1 Å². The molecule has 0 bridgehead atoms. The van der Waals surface area contributed by atoms with Gasteiger partial charge in [-0.05, 0) is 43.2 Å². The minimum atomic E-state index is -1.02. The van der Waals surface area contributed by atoms with Crippen molar-refractivity contribution in [2.24, 2.45) is 5.92 Å². The Morgan fingerprint density at radius 3 is 2.76 bits per heavy atom. The van der Waals surface area contributed by atoms with Crippen LogP contribution in [0.25, 0.3) is 0 Å². The largest absolute Gasteiger partial charge is 0.469 e. The average Bonchev–Trinajstić information content (AvgIpc) is 3.21. The molecule has 3 atom stereocenters. The zero-order valence-corrected chi connectivity index (χ0v) is 16.6. The van der Waals surface area contributed by atoms with Crippen molar-refractivity contribution in [3.63, 3.8) is 0 Å². The van der Waals surface area contributed by atoms with Gasteiger partial charge in [-0.15, -0.1) is 0 Å². The molecule has 0 saturated heterocycles. The highest BCUT2D eigenvalue weighted by atomic mass is 35.5. The molecular weight excluding hydrogens is 394 g/mol. The number of amides is 1. The van der Waals surface area contributed by atoms with Crippen LogP contribution >= 0.6 is 11.6 Å². The summed E-state index contributed by atoms with van der Waals surface area (Å²) in [5.74, 6) is -2.58. The van der Waals surface area contributed by atoms with Gasteiger partial charge in [0.25, 0.3) is 0 Å². The highest BCUT2D eigenvalue weighted by Crippen LogP contribution is 2.46. The van der Waals surface area contributed by atoms with Gasteiger partial charge in [-0.3, -0.25) is 14.4 Å². The van der Waals surface area contributed by atoms with Gasteiger partial charge in [-0.2, -0.15) is 0 Å². The van der Waals surface area contributed by atoms with Gasteiger partial charge in [0.15, 0.2) is 5.78 Å². The number of ether oxygens (including phenoxy) is 1. The first-order chi connectivity index (χ1) is 14.0. The molecule has 2 aromatic rings. The lowest BCUT2D eigenvalue weighted by molar-refractivity contribution is -0.152. The van der Waals surface area contributed by atoms with Gasteiger partial charge in [0.2, 0.25) is 5.91 Å². The molecule has 0 spiro atoms. The second kappa shape index (κ2) is 7.87. The Morgan fingerprint density at radius 1 is 1.24 bits per heavy atom. The zero-order valence-electron chi connectivity index (χ0n) is 15.8. The Balaban J connectivity index is 1.82. The molecule has 150 valence electrons. The van der Waals surface area contributed by atoms with E-state index in [0.717, 1.165) is 5.56 Å². The second-order valence-electron chi connectivity index (χ2n) is 7.17. The number of benzene rings is 1. The van der Waals surface area contributed by atoms with E-state index in [0.29, 0.717) is 28.5 Å². The lowest BCUT2D eigenvalue weighted by Gasteiger charge is -2.37. The van der Waals surface area contributed by atoms with Gasteiger partial charge in [0, 0.05) is 34.5 Å². The van der Waals surface area contributed by atoms with E-state index < -0.39 is 23.7 Å². The Labute approximate surface area is 172 Å². The number of esters is 1. The van der Waals surface area contributed by atoms with Crippen LogP contribution in [-0.4, -0.2) is 24.3 Å². The van der Waals surface area contributed by atoms with Crippen molar-refractivity contribution in [1.29, 1.82) is 0 Å². The minimum absolute atomic E-state index is 0.117. The predicted octanol–water partition coefficient (Wildman–Crippen LogP) is 3.73. The molecular formula is C22H20ClNO5. The molecule has 1 aliphatic heterocycles. The van der Waals surface area contributed by atoms with Crippen LogP contribution in [0.4, 0.5) is 0 Å². The van der Waals surface area contributed by atoms with Crippen molar-refractivity contribution < 1.29 is 23.5 Å². The fraction of sp³-hybridized carbons (Fsp3) is 0.318. The molecule has 0 fully saturated rings. The Morgan fingerprint density at radius 2 is 2.07 bits per heavy atom. The van der Waals surface area contributed by atoms with Crippen LogP contribution in [0.15, 0.2) is 58.3 Å². The first-order valence-electron chi connectivity index (χ1n) is 9.52. The fourth-order valence-corrected chi connectivity index (χ4v) is 4.43. The van der Waals surface area contributed by atoms with E-state index >= 15 is 0 Å². The Bertz CT molecular complexity index is 994. The van der Waals surface area contributed by atoms with Crippen LogP contribution in [0.3, 0.4) is 0 Å². The number of halogens is 1. The molecule has 0 saturated carbocycles. The first-order valence-corrected chi connectivity index (χ1v) is 9.90. The quantitative estimate of drug-likeness (QED) is 0.609. The number of Topliss-reactive ketones (excluding diaryl/α,β-unsaturated/α-hetero) is 1. The summed E-state index contributed by atoms with van der Waals surface area (Å²) in [6.07, 6.45) is 1.92. The standard InChI is InChI=1S/C22H20ClNO5/c1-2-28-22(27)20-15(17-7-4-8-29-17)10-16-19(21(20)26)14(11-18(25)24-16)12-5-3-6-13(23)9-12/h3-9,14-15,20H,2,10-11H2,1H3,(H,24,25)/t14-,15-,20+/m1/s1. The van der Waals surface area contributed by atoms with Crippen molar-refractivity contribution in [2.45, 2.75) is 31.6 Å². The molecule has 4 rings (SSSR count). The summed E-state index contributed by atoms with van der Waals surface area (Å²) < 4.78 is 10.7. The fourth-order valence-electron chi connectivity index (χ4n) is 4.23. The van der Waals surface area contributed by atoms with E-state index in [9.17, 15) is 14.4 Å². The van der Waals surface area contributed by atoms with Crippen molar-refractivity contribution in [2.75, 3.05) is 6.61 Å². The van der Waals surface area contributed by atoms with Crippen molar-refractivity contribution in [3.05, 3.63) is 70.3 Å². The molecule has 0 unspecified atom stereocenters. The number of hydrogen-bond acceptors (Lipinski definition) is 5. The van der Waals surface area contributed by atoms with Crippen LogP contribution in [0, 0.1) is 5.92 Å². The van der Waals surface area contributed by atoms with Crippen LogP contribution in [0.1, 0.15) is 42.9 Å². The number of ketones is 1. The van der Waals surface area contributed by atoms with Crippen molar-refractivity contribution in [1.82, 2.24) is 5.32 Å². The maximum absolute atomic E-state index is 13.6.